The zero-order chi connectivity index (χ0) is 32.0. The van der Waals surface area contributed by atoms with E-state index in [-0.39, 0.29) is 24.0 Å². The van der Waals surface area contributed by atoms with Crippen LogP contribution < -0.4 is 14.9 Å². The predicted molar refractivity (Wildman–Crippen MR) is 156 cm³/mol. The summed E-state index contributed by atoms with van der Waals surface area (Å²) in [5, 5.41) is 62.7. The number of hydrogen-bond acceptors (Lipinski definition) is 12. The number of carboxylic acids is 1. The number of halogens is 1. The molecule has 0 amide bonds. The molecule has 1 aliphatic heterocycles. The van der Waals surface area contributed by atoms with E-state index < -0.39 is 37.0 Å². The van der Waals surface area contributed by atoms with E-state index in [0.717, 1.165) is 18.5 Å². The van der Waals surface area contributed by atoms with Crippen molar-refractivity contribution in [3.05, 3.63) is 57.2 Å². The molecule has 43 heavy (non-hydrogen) atoms. The minimum Gasteiger partial charge on any atom is -0.496 e. The minimum atomic E-state index is -2.20. The topological polar surface area (TPSA) is 211 Å². The molecule has 13 nitrogen and oxygen atoms in total. The molecule has 2 unspecified atom stereocenters. The van der Waals surface area contributed by atoms with Crippen LogP contribution >= 0.6 is 11.6 Å². The molecule has 2 aromatic carbocycles. The van der Waals surface area contributed by atoms with Crippen LogP contribution in [0.3, 0.4) is 0 Å². The quantitative estimate of drug-likeness (QED) is 0.163. The fraction of sp³-hybridized carbons (Fsp3) is 0.448. The fourth-order valence-electron chi connectivity index (χ4n) is 5.05. The molecule has 0 saturated carbocycles. The van der Waals surface area contributed by atoms with Gasteiger partial charge in [0.1, 0.15) is 46.5 Å². The van der Waals surface area contributed by atoms with E-state index in [1.807, 2.05) is 25.2 Å². The van der Waals surface area contributed by atoms with Gasteiger partial charge in [-0.2, -0.15) is 0 Å². The third-order valence-electron chi connectivity index (χ3n) is 7.43. The van der Waals surface area contributed by atoms with Gasteiger partial charge < -0.3 is 54.5 Å². The Balaban J connectivity index is 0.000000331. The number of methoxy groups -OCH3 is 2. The minimum absolute atomic E-state index is 0.00766. The number of likely N-dealkylation sites (tertiary alicyclic amines) is 1. The molecule has 1 fully saturated rings. The lowest BCUT2D eigenvalue weighted by molar-refractivity contribution is -0.164. The molecule has 4 rings (SSSR count). The van der Waals surface area contributed by atoms with E-state index >= 15 is 0 Å². The molecule has 3 aromatic rings. The van der Waals surface area contributed by atoms with Crippen LogP contribution in [0.1, 0.15) is 17.9 Å². The fourth-order valence-corrected chi connectivity index (χ4v) is 5.28. The van der Waals surface area contributed by atoms with E-state index in [9.17, 15) is 14.7 Å². The number of aliphatic hydroxyl groups excluding tert-OH is 6. The first kappa shape index (κ1) is 34.2. The smallest absolute Gasteiger partial charge is 0.335 e. The largest absolute Gasteiger partial charge is 0.496 e. The summed E-state index contributed by atoms with van der Waals surface area (Å²) in [6.45, 7) is -0.0299. The van der Waals surface area contributed by atoms with E-state index in [0.29, 0.717) is 38.8 Å². The predicted octanol–water partition coefficient (Wildman–Crippen LogP) is 0.417. The monoisotopic (exact) mass is 625 g/mol. The number of hydrogen-bond donors (Lipinski definition) is 7. The SMILES string of the molecule is COc1cc(OC)c2c(=O)cc(-c3ccccc3Cl)oc2c1C1CCN(C)C1CO.O=C(O)[C@H](O)[C@@H](O)[C@H](O)[C@H](O)CO. The third kappa shape index (κ3) is 7.28. The average molecular weight is 626 g/mol. The van der Waals surface area contributed by atoms with Crippen molar-refractivity contribution in [1.29, 1.82) is 0 Å². The highest BCUT2D eigenvalue weighted by Gasteiger charge is 2.37. The molecule has 14 heteroatoms. The molecule has 236 valence electrons. The average Bonchev–Trinajstić information content (AvgIpc) is 3.38. The molecule has 2 heterocycles. The van der Waals surface area contributed by atoms with Gasteiger partial charge in [-0.05, 0) is 32.1 Å². The number of ether oxygens (including phenoxy) is 2. The summed E-state index contributed by atoms with van der Waals surface area (Å²) in [7, 11) is 5.06. The third-order valence-corrected chi connectivity index (χ3v) is 7.76. The molecule has 7 N–H and O–H groups in total. The summed E-state index contributed by atoms with van der Waals surface area (Å²) in [6.07, 6.45) is -7.03. The number of benzene rings is 2. The van der Waals surface area contributed by atoms with Gasteiger partial charge in [0.05, 0.1) is 32.5 Å². The molecular weight excluding hydrogens is 590 g/mol. The summed E-state index contributed by atoms with van der Waals surface area (Å²) >= 11 is 6.36. The van der Waals surface area contributed by atoms with Crippen LogP contribution in [0.5, 0.6) is 11.5 Å². The molecule has 6 atom stereocenters. The molecule has 0 aliphatic carbocycles. The first-order valence-corrected chi connectivity index (χ1v) is 13.6. The van der Waals surface area contributed by atoms with Crippen molar-refractivity contribution in [2.75, 3.05) is 41.0 Å². The second kappa shape index (κ2) is 14.9. The Morgan fingerprint density at radius 1 is 1.07 bits per heavy atom. The Labute approximate surface area is 251 Å². The molecule has 1 saturated heterocycles. The van der Waals surface area contributed by atoms with Crippen molar-refractivity contribution in [3.8, 4) is 22.8 Å². The Morgan fingerprint density at radius 2 is 1.72 bits per heavy atom. The Bertz CT molecular complexity index is 1460. The summed E-state index contributed by atoms with van der Waals surface area (Å²) in [6, 6.07) is 10.3. The van der Waals surface area contributed by atoms with Gasteiger partial charge in [-0.15, -0.1) is 0 Å². The molecule has 0 spiro atoms. The van der Waals surface area contributed by atoms with Gasteiger partial charge in [0, 0.05) is 35.2 Å². The van der Waals surface area contributed by atoms with Gasteiger partial charge >= 0.3 is 5.97 Å². The molecule has 1 aliphatic rings. The second-order valence-electron chi connectivity index (χ2n) is 9.99. The maximum absolute atomic E-state index is 13.2. The van der Waals surface area contributed by atoms with Gasteiger partial charge in [0.15, 0.2) is 11.5 Å². The van der Waals surface area contributed by atoms with Crippen LogP contribution in [0, 0.1) is 0 Å². The molecular formula is C29H36ClNO12. The molecule has 0 bridgehead atoms. The second-order valence-corrected chi connectivity index (χ2v) is 10.4. The number of likely N-dealkylation sites (N-methyl/N-ethyl adjacent to an activating group) is 1. The highest BCUT2D eigenvalue weighted by Crippen LogP contribution is 2.45. The zero-order valence-electron chi connectivity index (χ0n) is 23.8. The summed E-state index contributed by atoms with van der Waals surface area (Å²) in [5.74, 6) is -0.458. The van der Waals surface area contributed by atoms with Crippen molar-refractivity contribution in [2.24, 2.45) is 0 Å². The maximum atomic E-state index is 13.2. The van der Waals surface area contributed by atoms with E-state index in [1.165, 1.54) is 13.2 Å². The molecule has 1 aromatic heterocycles. The van der Waals surface area contributed by atoms with E-state index in [4.69, 9.17) is 56.1 Å². The number of carbonyl (C=O) groups is 1. The van der Waals surface area contributed by atoms with Gasteiger partial charge in [-0.25, -0.2) is 4.79 Å². The number of aliphatic carboxylic acids is 1. The first-order chi connectivity index (χ1) is 20.4. The maximum Gasteiger partial charge on any atom is 0.335 e. The number of carboxylic acid groups (broad SMARTS) is 1. The number of rotatable bonds is 10. The highest BCUT2D eigenvalue weighted by atomic mass is 35.5. The van der Waals surface area contributed by atoms with Gasteiger partial charge in [0.2, 0.25) is 0 Å². The first-order valence-electron chi connectivity index (χ1n) is 13.3. The molecule has 0 radical (unpaired) electrons. The van der Waals surface area contributed by atoms with Crippen molar-refractivity contribution < 1.29 is 54.4 Å². The van der Waals surface area contributed by atoms with Crippen LogP contribution in [-0.2, 0) is 4.79 Å². The van der Waals surface area contributed by atoms with Crippen LogP contribution in [0.15, 0.2) is 45.6 Å². The van der Waals surface area contributed by atoms with Crippen molar-refractivity contribution in [1.82, 2.24) is 4.90 Å². The lowest BCUT2D eigenvalue weighted by atomic mass is 9.89. The van der Waals surface area contributed by atoms with Gasteiger partial charge in [-0.1, -0.05) is 23.7 Å². The Hall–Kier alpha value is -3.27. The van der Waals surface area contributed by atoms with E-state index in [1.54, 1.807) is 19.2 Å². The summed E-state index contributed by atoms with van der Waals surface area (Å²) < 4.78 is 17.5. The van der Waals surface area contributed by atoms with Crippen molar-refractivity contribution >= 4 is 28.5 Å². The van der Waals surface area contributed by atoms with Crippen LogP contribution in [0.2, 0.25) is 5.02 Å². The van der Waals surface area contributed by atoms with Gasteiger partial charge in [0.25, 0.3) is 0 Å². The lowest BCUT2D eigenvalue weighted by Crippen LogP contribution is -2.48. The van der Waals surface area contributed by atoms with Crippen LogP contribution in [0.25, 0.3) is 22.3 Å². The van der Waals surface area contributed by atoms with E-state index in [2.05, 4.69) is 4.90 Å². The Morgan fingerprint density at radius 3 is 2.28 bits per heavy atom. The summed E-state index contributed by atoms with van der Waals surface area (Å²) in [5.41, 5.74) is 1.59. The highest BCUT2D eigenvalue weighted by molar-refractivity contribution is 6.33. The normalized spacial score (nSPS) is 19.7. The number of fused-ring (bicyclic) bond motifs is 1. The summed E-state index contributed by atoms with van der Waals surface area (Å²) in [4.78, 5) is 25.4. The van der Waals surface area contributed by atoms with Crippen LogP contribution in [0.4, 0.5) is 0 Å². The van der Waals surface area contributed by atoms with Crippen LogP contribution in [-0.4, -0.2) is 118 Å². The van der Waals surface area contributed by atoms with Gasteiger partial charge in [-0.3, -0.25) is 4.79 Å². The number of aliphatic hydroxyl groups is 6. The van der Waals surface area contributed by atoms with Crippen molar-refractivity contribution in [3.63, 3.8) is 0 Å². The standard InChI is InChI=1S/C23H24ClNO5.C6H12O7/c1-25-9-8-14(16(25)12-26)21-19(28-2)11-20(29-3)22-17(27)10-18(30-23(21)22)13-6-4-5-7-15(13)24;7-1-2(8)3(9)4(10)5(11)6(12)13/h4-7,10-11,14,16,26H,8-9,12H2,1-3H3;2-5,7-11H,1H2,(H,12,13)/t;2-,3-,4+,5-/m.1/s1. The Kier molecular flexibility index (Phi) is 11.9. The zero-order valence-corrected chi connectivity index (χ0v) is 24.5. The lowest BCUT2D eigenvalue weighted by Gasteiger charge is -2.25. The van der Waals surface area contributed by atoms with Crippen molar-refractivity contribution in [2.45, 2.75) is 42.8 Å². The number of nitrogens with zero attached hydrogens (tertiary/aromatic N) is 1.